The van der Waals surface area contributed by atoms with E-state index in [1.807, 2.05) is 0 Å². The van der Waals surface area contributed by atoms with Gasteiger partial charge in [-0.05, 0) is 122 Å². The topological polar surface area (TPSA) is 78.9 Å². The Morgan fingerprint density at radius 1 is 0.259 bits per heavy atom. The maximum Gasteiger partial charge on any atom is 0.306 e. The van der Waals surface area contributed by atoms with Crippen molar-refractivity contribution in [1.82, 2.24) is 0 Å². The zero-order valence-corrected chi connectivity index (χ0v) is 53.0. The first-order chi connectivity index (χ1) is 40.0. The Kier molecular flexibility index (Phi) is 64.8. The number of rotatable bonds is 61. The second-order valence-corrected chi connectivity index (χ2v) is 22.3. The van der Waals surface area contributed by atoms with Crippen LogP contribution in [0.3, 0.4) is 0 Å². The van der Waals surface area contributed by atoms with Crippen LogP contribution in [0.4, 0.5) is 0 Å². The lowest BCUT2D eigenvalue weighted by Crippen LogP contribution is -2.30. The van der Waals surface area contributed by atoms with Crippen LogP contribution in [-0.4, -0.2) is 37.2 Å². The molecule has 0 saturated heterocycles. The standard InChI is InChI=1S/C75H126O6/c1-4-7-10-13-16-19-22-25-27-29-31-33-35-36-37-38-40-41-43-45-47-50-53-56-59-62-65-68-74(77)80-71-72(70-79-73(76)67-64-61-58-55-52-49-24-21-18-15-12-9-6-3)81-75(78)69-66-63-60-57-54-51-48-46-44-42-39-34-32-30-28-26-23-20-17-14-11-8-5-2/h7-8,10-12,15-17,19-21,24-28,31-34,72H,4-6,9,13-14,18,22-23,29-30,35-71H2,1-3H3/b10-7-,11-8-,15-12-,19-16-,20-17-,24-21-,27-25-,28-26-,33-31-,34-32-. The van der Waals surface area contributed by atoms with Crippen molar-refractivity contribution in [2.45, 2.75) is 322 Å². The molecule has 462 valence electrons. The van der Waals surface area contributed by atoms with E-state index in [0.717, 1.165) is 141 Å². The van der Waals surface area contributed by atoms with E-state index < -0.39 is 6.10 Å². The lowest BCUT2D eigenvalue weighted by atomic mass is 10.0. The molecule has 1 atom stereocenters. The first-order valence-electron chi connectivity index (χ1n) is 34.0. The van der Waals surface area contributed by atoms with Gasteiger partial charge in [0.15, 0.2) is 6.10 Å². The molecular formula is C75H126O6. The van der Waals surface area contributed by atoms with Crippen molar-refractivity contribution >= 4 is 17.9 Å². The second kappa shape index (κ2) is 68.3. The number of hydrogen-bond acceptors (Lipinski definition) is 6. The molecule has 0 aliphatic rings. The fourth-order valence-corrected chi connectivity index (χ4v) is 9.41. The van der Waals surface area contributed by atoms with E-state index in [4.69, 9.17) is 14.2 Å². The van der Waals surface area contributed by atoms with Crippen molar-refractivity contribution < 1.29 is 28.6 Å². The summed E-state index contributed by atoms with van der Waals surface area (Å²) in [5, 5.41) is 0. The number of allylic oxidation sites excluding steroid dienone is 20. The molecule has 0 saturated carbocycles. The van der Waals surface area contributed by atoms with Crippen molar-refractivity contribution in [3.8, 4) is 0 Å². The van der Waals surface area contributed by atoms with Crippen LogP contribution in [-0.2, 0) is 28.6 Å². The number of carbonyl (C=O) groups is 3. The molecule has 0 radical (unpaired) electrons. The van der Waals surface area contributed by atoms with Gasteiger partial charge in [-0.15, -0.1) is 0 Å². The maximum absolute atomic E-state index is 12.9. The van der Waals surface area contributed by atoms with Crippen molar-refractivity contribution in [2.24, 2.45) is 0 Å². The van der Waals surface area contributed by atoms with E-state index in [1.54, 1.807) is 0 Å². The van der Waals surface area contributed by atoms with E-state index in [1.165, 1.54) is 135 Å². The monoisotopic (exact) mass is 1120 g/mol. The molecule has 0 aromatic heterocycles. The lowest BCUT2D eigenvalue weighted by Gasteiger charge is -2.18. The summed E-state index contributed by atoms with van der Waals surface area (Å²) in [4.78, 5) is 38.4. The van der Waals surface area contributed by atoms with Crippen LogP contribution in [0, 0.1) is 0 Å². The summed E-state index contributed by atoms with van der Waals surface area (Å²) in [6, 6.07) is 0. The zero-order chi connectivity index (χ0) is 58.5. The number of hydrogen-bond donors (Lipinski definition) is 0. The number of esters is 3. The average Bonchev–Trinajstić information content (AvgIpc) is 3.46. The molecule has 0 amide bonds. The third-order valence-corrected chi connectivity index (χ3v) is 14.4. The summed E-state index contributed by atoms with van der Waals surface area (Å²) >= 11 is 0. The van der Waals surface area contributed by atoms with Gasteiger partial charge in [-0.25, -0.2) is 0 Å². The maximum atomic E-state index is 12.9. The predicted molar refractivity (Wildman–Crippen MR) is 353 cm³/mol. The van der Waals surface area contributed by atoms with Crippen LogP contribution in [0.15, 0.2) is 122 Å². The number of ether oxygens (including phenoxy) is 3. The molecule has 0 spiro atoms. The first kappa shape index (κ1) is 76.8. The van der Waals surface area contributed by atoms with Crippen LogP contribution in [0.25, 0.3) is 0 Å². The Morgan fingerprint density at radius 2 is 0.481 bits per heavy atom. The highest BCUT2D eigenvalue weighted by Crippen LogP contribution is 2.17. The third-order valence-electron chi connectivity index (χ3n) is 14.4. The molecule has 0 heterocycles. The van der Waals surface area contributed by atoms with Gasteiger partial charge in [-0.1, -0.05) is 296 Å². The van der Waals surface area contributed by atoms with Gasteiger partial charge in [0.05, 0.1) is 0 Å². The Balaban J connectivity index is 4.30. The van der Waals surface area contributed by atoms with Crippen LogP contribution in [0.5, 0.6) is 0 Å². The number of carbonyl (C=O) groups excluding carboxylic acids is 3. The number of unbranched alkanes of at least 4 members (excludes halogenated alkanes) is 30. The van der Waals surface area contributed by atoms with E-state index in [-0.39, 0.29) is 31.1 Å². The molecule has 6 nitrogen and oxygen atoms in total. The van der Waals surface area contributed by atoms with Crippen molar-refractivity contribution in [3.05, 3.63) is 122 Å². The zero-order valence-electron chi connectivity index (χ0n) is 53.0. The van der Waals surface area contributed by atoms with Gasteiger partial charge in [-0.3, -0.25) is 14.4 Å². The largest absolute Gasteiger partial charge is 0.462 e. The summed E-state index contributed by atoms with van der Waals surface area (Å²) in [6.07, 6.45) is 95.0. The average molecular weight is 1120 g/mol. The van der Waals surface area contributed by atoms with Crippen molar-refractivity contribution in [1.29, 1.82) is 0 Å². The highest BCUT2D eigenvalue weighted by Gasteiger charge is 2.19. The molecule has 0 aromatic rings. The SMILES string of the molecule is CC/C=C\C/C=C\C/C=C\C/C=C\CCCCCCCCCCCCCCCCC(=O)OCC(COC(=O)CCCCCCC/C=C\C/C=C\CCC)OC(=O)CCCCCCCCCCCC/C=C\C/C=C\C/C=C\C/C=C\CC. The molecule has 0 fully saturated rings. The highest BCUT2D eigenvalue weighted by molar-refractivity contribution is 5.71. The van der Waals surface area contributed by atoms with Gasteiger partial charge in [-0.2, -0.15) is 0 Å². The molecule has 0 bridgehead atoms. The van der Waals surface area contributed by atoms with Gasteiger partial charge in [0.25, 0.3) is 0 Å². The third kappa shape index (κ3) is 66.5. The summed E-state index contributed by atoms with van der Waals surface area (Å²) in [5.74, 6) is -0.895. The fraction of sp³-hybridized carbons (Fsp3) is 0.693. The first-order valence-corrected chi connectivity index (χ1v) is 34.0. The quantitative estimate of drug-likeness (QED) is 0.0261. The molecule has 0 N–H and O–H groups in total. The predicted octanol–water partition coefficient (Wildman–Crippen LogP) is 23.6. The Labute approximate surface area is 501 Å². The summed E-state index contributed by atoms with van der Waals surface area (Å²) in [6.45, 7) is 6.36. The Bertz CT molecular complexity index is 1670. The summed E-state index contributed by atoms with van der Waals surface area (Å²) in [7, 11) is 0. The molecule has 0 rings (SSSR count). The van der Waals surface area contributed by atoms with Crippen LogP contribution >= 0.6 is 0 Å². The van der Waals surface area contributed by atoms with E-state index in [2.05, 4.69) is 142 Å². The second-order valence-electron chi connectivity index (χ2n) is 22.3. The van der Waals surface area contributed by atoms with Crippen LogP contribution < -0.4 is 0 Å². The lowest BCUT2D eigenvalue weighted by molar-refractivity contribution is -0.167. The molecule has 0 aliphatic heterocycles. The Morgan fingerprint density at radius 3 is 0.753 bits per heavy atom. The smallest absolute Gasteiger partial charge is 0.306 e. The van der Waals surface area contributed by atoms with Gasteiger partial charge in [0.2, 0.25) is 0 Å². The van der Waals surface area contributed by atoms with Crippen LogP contribution in [0.1, 0.15) is 316 Å². The van der Waals surface area contributed by atoms with Gasteiger partial charge in [0.1, 0.15) is 13.2 Å². The summed E-state index contributed by atoms with van der Waals surface area (Å²) in [5.41, 5.74) is 0. The highest BCUT2D eigenvalue weighted by atomic mass is 16.6. The van der Waals surface area contributed by atoms with E-state index in [9.17, 15) is 14.4 Å². The molecular weight excluding hydrogens is 997 g/mol. The molecule has 6 heteroatoms. The minimum atomic E-state index is -0.790. The van der Waals surface area contributed by atoms with Gasteiger partial charge >= 0.3 is 17.9 Å². The van der Waals surface area contributed by atoms with Crippen molar-refractivity contribution in [3.63, 3.8) is 0 Å². The van der Waals surface area contributed by atoms with Gasteiger partial charge in [0, 0.05) is 19.3 Å². The fourth-order valence-electron chi connectivity index (χ4n) is 9.41. The normalized spacial score (nSPS) is 12.9. The van der Waals surface area contributed by atoms with E-state index in [0.29, 0.717) is 19.3 Å². The minimum Gasteiger partial charge on any atom is -0.462 e. The van der Waals surface area contributed by atoms with Crippen LogP contribution in [0.2, 0.25) is 0 Å². The minimum absolute atomic E-state index is 0.0849. The molecule has 0 aromatic carbocycles. The molecule has 1 unspecified atom stereocenters. The van der Waals surface area contributed by atoms with Gasteiger partial charge < -0.3 is 14.2 Å². The van der Waals surface area contributed by atoms with E-state index >= 15 is 0 Å². The molecule has 0 aliphatic carbocycles. The molecule has 81 heavy (non-hydrogen) atoms. The Hall–Kier alpha value is -4.19. The summed E-state index contributed by atoms with van der Waals surface area (Å²) < 4.78 is 17.0. The van der Waals surface area contributed by atoms with Crippen molar-refractivity contribution in [2.75, 3.05) is 13.2 Å².